The van der Waals surface area contributed by atoms with Crippen molar-refractivity contribution in [3.05, 3.63) is 48.2 Å². The van der Waals surface area contributed by atoms with E-state index in [-0.39, 0.29) is 5.97 Å². The number of hydrogen-bond donors (Lipinski definition) is 0. The van der Waals surface area contributed by atoms with E-state index in [1.165, 1.54) is 6.08 Å². The van der Waals surface area contributed by atoms with E-state index >= 15 is 0 Å². The maximum atomic E-state index is 11.1. The summed E-state index contributed by atoms with van der Waals surface area (Å²) >= 11 is 0. The van der Waals surface area contributed by atoms with Crippen molar-refractivity contribution >= 4 is 22.9 Å². The quantitative estimate of drug-likeness (QED) is 0.598. The molecule has 1 aromatic carbocycles. The molecule has 3 nitrogen and oxygen atoms in total. The number of fused-ring (bicyclic) bond motifs is 1. The van der Waals surface area contributed by atoms with Crippen molar-refractivity contribution in [1.29, 1.82) is 0 Å². The van der Waals surface area contributed by atoms with Crippen LogP contribution in [0.4, 0.5) is 0 Å². The first-order valence-electron chi connectivity index (χ1n) is 5.50. The molecule has 0 N–H and O–H groups in total. The fourth-order valence-corrected chi connectivity index (χ4v) is 1.52. The first-order chi connectivity index (χ1) is 8.29. The van der Waals surface area contributed by atoms with E-state index in [2.05, 4.69) is 4.98 Å². The Bertz CT molecular complexity index is 561. The number of pyridine rings is 1. The van der Waals surface area contributed by atoms with Crippen LogP contribution in [0.3, 0.4) is 0 Å². The summed E-state index contributed by atoms with van der Waals surface area (Å²) in [4.78, 5) is 15.6. The Labute approximate surface area is 99.7 Å². The predicted molar refractivity (Wildman–Crippen MR) is 67.4 cm³/mol. The maximum Gasteiger partial charge on any atom is 0.330 e. The zero-order valence-electron chi connectivity index (χ0n) is 9.59. The molecule has 2 rings (SSSR count). The first-order valence-corrected chi connectivity index (χ1v) is 5.50. The standard InChI is InChI=1S/C14H13NO2/c1-2-17-14(16)10-9-12-8-7-11-5-3-4-6-13(11)15-12/h3-10H,2H2,1H3/b10-9-. The fraction of sp³-hybridized carbons (Fsp3) is 0.143. The van der Waals surface area contributed by atoms with Gasteiger partial charge in [0.25, 0.3) is 0 Å². The third-order valence-corrected chi connectivity index (χ3v) is 2.30. The minimum atomic E-state index is -0.345. The predicted octanol–water partition coefficient (Wildman–Crippen LogP) is 2.81. The lowest BCUT2D eigenvalue weighted by atomic mass is 10.2. The Morgan fingerprint density at radius 3 is 2.94 bits per heavy atom. The number of esters is 1. The SMILES string of the molecule is CCOC(=O)/C=C\c1ccc2ccccc2n1. The van der Waals surface area contributed by atoms with Crippen LogP contribution in [0.1, 0.15) is 12.6 Å². The molecule has 0 bridgehead atoms. The Hall–Kier alpha value is -2.16. The molecule has 0 spiro atoms. The number of aromatic nitrogens is 1. The van der Waals surface area contributed by atoms with E-state index in [4.69, 9.17) is 4.74 Å². The summed E-state index contributed by atoms with van der Waals surface area (Å²) in [6.07, 6.45) is 3.05. The summed E-state index contributed by atoms with van der Waals surface area (Å²) in [5.74, 6) is -0.345. The molecule has 0 saturated carbocycles. The fourth-order valence-electron chi connectivity index (χ4n) is 1.52. The molecule has 0 unspecified atom stereocenters. The molecular formula is C14H13NO2. The zero-order valence-corrected chi connectivity index (χ0v) is 9.59. The molecule has 0 saturated heterocycles. The van der Waals surface area contributed by atoms with E-state index in [9.17, 15) is 4.79 Å². The average molecular weight is 227 g/mol. The van der Waals surface area contributed by atoms with Crippen LogP contribution in [-0.4, -0.2) is 17.6 Å². The van der Waals surface area contributed by atoms with Gasteiger partial charge in [0.1, 0.15) is 0 Å². The lowest BCUT2D eigenvalue weighted by Crippen LogP contribution is -1.98. The smallest absolute Gasteiger partial charge is 0.330 e. The van der Waals surface area contributed by atoms with Crippen LogP contribution in [0.5, 0.6) is 0 Å². The lowest BCUT2D eigenvalue weighted by molar-refractivity contribution is -0.137. The number of benzene rings is 1. The van der Waals surface area contributed by atoms with Crippen molar-refractivity contribution in [1.82, 2.24) is 4.98 Å². The van der Waals surface area contributed by atoms with Crippen LogP contribution < -0.4 is 0 Å². The molecule has 0 aliphatic rings. The molecule has 3 heteroatoms. The molecule has 0 amide bonds. The molecule has 0 atom stereocenters. The zero-order chi connectivity index (χ0) is 12.1. The number of carbonyl (C=O) groups excluding carboxylic acids is 1. The minimum absolute atomic E-state index is 0.345. The molecule has 0 aliphatic heterocycles. The summed E-state index contributed by atoms with van der Waals surface area (Å²) in [5, 5.41) is 1.08. The summed E-state index contributed by atoms with van der Waals surface area (Å²) in [5.41, 5.74) is 1.66. The highest BCUT2D eigenvalue weighted by atomic mass is 16.5. The molecule has 86 valence electrons. The number of nitrogens with zero attached hydrogens (tertiary/aromatic N) is 1. The van der Waals surface area contributed by atoms with Crippen molar-refractivity contribution in [2.45, 2.75) is 6.92 Å². The molecule has 2 aromatic rings. The second kappa shape index (κ2) is 5.25. The van der Waals surface area contributed by atoms with Gasteiger partial charge in [0.2, 0.25) is 0 Å². The average Bonchev–Trinajstić information content (AvgIpc) is 2.36. The Kier molecular flexibility index (Phi) is 3.50. The number of ether oxygens (including phenoxy) is 1. The van der Waals surface area contributed by atoms with Gasteiger partial charge in [-0.3, -0.25) is 0 Å². The molecule has 0 radical (unpaired) electrons. The van der Waals surface area contributed by atoms with Gasteiger partial charge < -0.3 is 4.74 Å². The Morgan fingerprint density at radius 2 is 2.12 bits per heavy atom. The highest BCUT2D eigenvalue weighted by Crippen LogP contribution is 2.12. The van der Waals surface area contributed by atoms with E-state index in [0.29, 0.717) is 6.61 Å². The van der Waals surface area contributed by atoms with Crippen LogP contribution in [-0.2, 0) is 9.53 Å². The van der Waals surface area contributed by atoms with Gasteiger partial charge in [0.05, 0.1) is 17.8 Å². The van der Waals surface area contributed by atoms with Gasteiger partial charge in [-0.2, -0.15) is 0 Å². The molecule has 0 fully saturated rings. The topological polar surface area (TPSA) is 39.2 Å². The highest BCUT2D eigenvalue weighted by Gasteiger charge is 1.96. The van der Waals surface area contributed by atoms with E-state index in [0.717, 1.165) is 16.6 Å². The van der Waals surface area contributed by atoms with E-state index in [1.54, 1.807) is 13.0 Å². The third kappa shape index (κ3) is 2.91. The third-order valence-electron chi connectivity index (χ3n) is 2.30. The molecule has 17 heavy (non-hydrogen) atoms. The summed E-state index contributed by atoms with van der Waals surface area (Å²) in [6, 6.07) is 11.7. The van der Waals surface area contributed by atoms with Crippen LogP contribution >= 0.6 is 0 Å². The van der Waals surface area contributed by atoms with Crippen LogP contribution in [0, 0.1) is 0 Å². The molecule has 1 aromatic heterocycles. The Balaban J connectivity index is 2.22. The largest absolute Gasteiger partial charge is 0.463 e. The number of para-hydroxylation sites is 1. The highest BCUT2D eigenvalue weighted by molar-refractivity contribution is 5.87. The lowest BCUT2D eigenvalue weighted by Gasteiger charge is -1.98. The van der Waals surface area contributed by atoms with Crippen molar-refractivity contribution in [2.75, 3.05) is 6.61 Å². The van der Waals surface area contributed by atoms with E-state index < -0.39 is 0 Å². The van der Waals surface area contributed by atoms with Crippen molar-refractivity contribution in [3.8, 4) is 0 Å². The number of hydrogen-bond acceptors (Lipinski definition) is 3. The first kappa shape index (κ1) is 11.3. The van der Waals surface area contributed by atoms with Gasteiger partial charge in [-0.25, -0.2) is 9.78 Å². The van der Waals surface area contributed by atoms with Gasteiger partial charge in [-0.1, -0.05) is 24.3 Å². The molecular weight excluding hydrogens is 214 g/mol. The van der Waals surface area contributed by atoms with Gasteiger partial charge in [-0.05, 0) is 25.1 Å². The van der Waals surface area contributed by atoms with Crippen LogP contribution in [0.25, 0.3) is 17.0 Å². The van der Waals surface area contributed by atoms with Crippen molar-refractivity contribution < 1.29 is 9.53 Å². The second-order valence-corrected chi connectivity index (χ2v) is 3.51. The second-order valence-electron chi connectivity index (χ2n) is 3.51. The summed E-state index contributed by atoms with van der Waals surface area (Å²) in [6.45, 7) is 2.16. The summed E-state index contributed by atoms with van der Waals surface area (Å²) in [7, 11) is 0. The number of rotatable bonds is 3. The monoisotopic (exact) mass is 227 g/mol. The molecule has 0 aliphatic carbocycles. The van der Waals surface area contributed by atoms with Crippen molar-refractivity contribution in [3.63, 3.8) is 0 Å². The minimum Gasteiger partial charge on any atom is -0.463 e. The normalized spacial score (nSPS) is 10.9. The van der Waals surface area contributed by atoms with Gasteiger partial charge in [-0.15, -0.1) is 0 Å². The summed E-state index contributed by atoms with van der Waals surface area (Å²) < 4.78 is 4.80. The van der Waals surface area contributed by atoms with Crippen molar-refractivity contribution in [2.24, 2.45) is 0 Å². The van der Waals surface area contributed by atoms with E-state index in [1.807, 2.05) is 36.4 Å². The van der Waals surface area contributed by atoms with Gasteiger partial charge >= 0.3 is 5.97 Å². The number of carbonyl (C=O) groups is 1. The van der Waals surface area contributed by atoms with Crippen LogP contribution in [0.15, 0.2) is 42.5 Å². The maximum absolute atomic E-state index is 11.1. The van der Waals surface area contributed by atoms with Gasteiger partial charge in [0, 0.05) is 11.5 Å². The van der Waals surface area contributed by atoms with Gasteiger partial charge in [0.15, 0.2) is 0 Å². The van der Waals surface area contributed by atoms with Crippen LogP contribution in [0.2, 0.25) is 0 Å². The Morgan fingerprint density at radius 1 is 1.29 bits per heavy atom. The molecule has 1 heterocycles.